The Bertz CT molecular complexity index is 641. The Kier molecular flexibility index (Phi) is 5.77. The Morgan fingerprint density at radius 2 is 2.00 bits per heavy atom. The van der Waals surface area contributed by atoms with Crippen molar-refractivity contribution in [1.82, 2.24) is 10.2 Å². The first-order valence-electron chi connectivity index (χ1n) is 6.87. The van der Waals surface area contributed by atoms with Crippen LogP contribution in [-0.4, -0.2) is 30.3 Å². The maximum Gasteiger partial charge on any atom is 0.286 e. The number of carbonyl (C=O) groups excluding carboxylic acids is 2. The van der Waals surface area contributed by atoms with E-state index in [1.54, 1.807) is 24.1 Å². The van der Waals surface area contributed by atoms with Gasteiger partial charge in [0.1, 0.15) is 0 Å². The van der Waals surface area contributed by atoms with E-state index in [0.29, 0.717) is 6.54 Å². The third-order valence-electron chi connectivity index (χ3n) is 3.16. The molecule has 0 fully saturated rings. The highest BCUT2D eigenvalue weighted by molar-refractivity contribution is 9.10. The van der Waals surface area contributed by atoms with Crippen LogP contribution in [0.15, 0.2) is 51.6 Å². The van der Waals surface area contributed by atoms with Crippen molar-refractivity contribution in [2.24, 2.45) is 0 Å². The number of hydrogen-bond acceptors (Lipinski definition) is 3. The van der Waals surface area contributed by atoms with Gasteiger partial charge in [-0.25, -0.2) is 0 Å². The van der Waals surface area contributed by atoms with Crippen molar-refractivity contribution in [2.45, 2.75) is 13.0 Å². The zero-order chi connectivity index (χ0) is 15.9. The number of nitrogens with one attached hydrogen (secondary N) is 1. The number of furan rings is 1. The first-order chi connectivity index (χ1) is 10.6. The number of hydrogen-bond donors (Lipinski definition) is 1. The molecule has 0 unspecified atom stereocenters. The molecule has 0 spiro atoms. The molecule has 0 aliphatic rings. The second-order valence-corrected chi connectivity index (χ2v) is 5.68. The lowest BCUT2D eigenvalue weighted by atomic mass is 10.2. The molecule has 0 bridgehead atoms. The van der Waals surface area contributed by atoms with E-state index in [1.807, 2.05) is 24.3 Å². The Hall–Kier alpha value is -2.08. The number of carbonyl (C=O) groups is 2. The van der Waals surface area contributed by atoms with Gasteiger partial charge in [0, 0.05) is 31.0 Å². The van der Waals surface area contributed by atoms with Crippen molar-refractivity contribution in [2.75, 3.05) is 13.6 Å². The SMILES string of the molecule is CN(Cc1ccccc1Br)C(=O)CCNC(=O)c1ccco1. The smallest absolute Gasteiger partial charge is 0.286 e. The predicted molar refractivity (Wildman–Crippen MR) is 86.3 cm³/mol. The van der Waals surface area contributed by atoms with Crippen molar-refractivity contribution in [3.63, 3.8) is 0 Å². The number of amides is 2. The highest BCUT2D eigenvalue weighted by Gasteiger charge is 2.12. The summed E-state index contributed by atoms with van der Waals surface area (Å²) in [6.07, 6.45) is 1.68. The average molecular weight is 365 g/mol. The summed E-state index contributed by atoms with van der Waals surface area (Å²) in [6, 6.07) is 11.0. The molecule has 0 aliphatic carbocycles. The van der Waals surface area contributed by atoms with Gasteiger partial charge in [-0.1, -0.05) is 34.1 Å². The van der Waals surface area contributed by atoms with E-state index in [1.165, 1.54) is 6.26 Å². The summed E-state index contributed by atoms with van der Waals surface area (Å²) < 4.78 is 5.95. The van der Waals surface area contributed by atoms with Crippen LogP contribution in [0.3, 0.4) is 0 Å². The minimum absolute atomic E-state index is 0.0319. The molecule has 22 heavy (non-hydrogen) atoms. The Morgan fingerprint density at radius 1 is 1.23 bits per heavy atom. The van der Waals surface area contributed by atoms with Gasteiger partial charge in [0.25, 0.3) is 5.91 Å². The van der Waals surface area contributed by atoms with Gasteiger partial charge < -0.3 is 14.6 Å². The highest BCUT2D eigenvalue weighted by Crippen LogP contribution is 2.17. The molecule has 0 saturated heterocycles. The van der Waals surface area contributed by atoms with Gasteiger partial charge in [0.2, 0.25) is 5.91 Å². The molecular formula is C16H17BrN2O3. The van der Waals surface area contributed by atoms with Crippen molar-refractivity contribution in [3.8, 4) is 0 Å². The monoisotopic (exact) mass is 364 g/mol. The third kappa shape index (κ3) is 4.46. The van der Waals surface area contributed by atoms with Crippen LogP contribution < -0.4 is 5.32 Å². The van der Waals surface area contributed by atoms with Gasteiger partial charge >= 0.3 is 0 Å². The van der Waals surface area contributed by atoms with Crippen LogP contribution >= 0.6 is 15.9 Å². The molecule has 1 aromatic heterocycles. The topological polar surface area (TPSA) is 62.6 Å². The average Bonchev–Trinajstić information content (AvgIpc) is 3.03. The van der Waals surface area contributed by atoms with E-state index in [4.69, 9.17) is 4.42 Å². The molecule has 6 heteroatoms. The number of nitrogens with zero attached hydrogens (tertiary/aromatic N) is 1. The van der Waals surface area contributed by atoms with Crippen molar-refractivity contribution in [1.29, 1.82) is 0 Å². The summed E-state index contributed by atoms with van der Waals surface area (Å²) >= 11 is 3.46. The molecule has 0 atom stereocenters. The minimum Gasteiger partial charge on any atom is -0.459 e. The fraction of sp³-hybridized carbons (Fsp3) is 0.250. The molecule has 0 radical (unpaired) electrons. The van der Waals surface area contributed by atoms with Gasteiger partial charge in [-0.15, -0.1) is 0 Å². The van der Waals surface area contributed by atoms with E-state index in [9.17, 15) is 9.59 Å². The largest absolute Gasteiger partial charge is 0.459 e. The van der Waals surface area contributed by atoms with Gasteiger partial charge in [0.05, 0.1) is 6.26 Å². The zero-order valence-electron chi connectivity index (χ0n) is 12.2. The van der Waals surface area contributed by atoms with E-state index in [2.05, 4.69) is 21.2 Å². The minimum atomic E-state index is -0.314. The lowest BCUT2D eigenvalue weighted by molar-refractivity contribution is -0.130. The van der Waals surface area contributed by atoms with Crippen LogP contribution in [0.1, 0.15) is 22.5 Å². The number of rotatable bonds is 6. The second kappa shape index (κ2) is 7.79. The third-order valence-corrected chi connectivity index (χ3v) is 3.93. The lowest BCUT2D eigenvalue weighted by Gasteiger charge is -2.18. The summed E-state index contributed by atoms with van der Waals surface area (Å²) in [4.78, 5) is 25.4. The van der Waals surface area contributed by atoms with E-state index >= 15 is 0 Å². The number of halogens is 1. The quantitative estimate of drug-likeness (QED) is 0.856. The van der Waals surface area contributed by atoms with Gasteiger partial charge in [-0.05, 0) is 23.8 Å². The molecule has 1 N–H and O–H groups in total. The normalized spacial score (nSPS) is 10.3. The van der Waals surface area contributed by atoms with Crippen LogP contribution in [-0.2, 0) is 11.3 Å². The molecule has 0 saturated carbocycles. The van der Waals surface area contributed by atoms with Crippen LogP contribution in [0.5, 0.6) is 0 Å². The predicted octanol–water partition coefficient (Wildman–Crippen LogP) is 2.82. The fourth-order valence-corrected chi connectivity index (χ4v) is 2.35. The Morgan fingerprint density at radius 3 is 2.68 bits per heavy atom. The Labute approximate surface area is 137 Å². The maximum absolute atomic E-state index is 12.1. The zero-order valence-corrected chi connectivity index (χ0v) is 13.8. The van der Waals surface area contributed by atoms with Gasteiger partial charge in [-0.2, -0.15) is 0 Å². The van der Waals surface area contributed by atoms with E-state index < -0.39 is 0 Å². The number of benzene rings is 1. The standard InChI is InChI=1S/C16H17BrN2O3/c1-19(11-12-5-2-3-6-13(12)17)15(20)8-9-18-16(21)14-7-4-10-22-14/h2-7,10H,8-9,11H2,1H3,(H,18,21). The first kappa shape index (κ1) is 16.3. The van der Waals surface area contributed by atoms with Crippen molar-refractivity contribution in [3.05, 3.63) is 58.5 Å². The highest BCUT2D eigenvalue weighted by atomic mass is 79.9. The molecular weight excluding hydrogens is 348 g/mol. The molecule has 2 rings (SSSR count). The van der Waals surface area contributed by atoms with Crippen LogP contribution in [0.2, 0.25) is 0 Å². The summed E-state index contributed by atoms with van der Waals surface area (Å²) in [5, 5.41) is 2.66. The van der Waals surface area contributed by atoms with Crippen LogP contribution in [0.4, 0.5) is 0 Å². The molecule has 1 aromatic carbocycles. The molecule has 0 aliphatic heterocycles. The van der Waals surface area contributed by atoms with E-state index in [-0.39, 0.29) is 30.5 Å². The van der Waals surface area contributed by atoms with Crippen molar-refractivity contribution < 1.29 is 14.0 Å². The van der Waals surface area contributed by atoms with Crippen LogP contribution in [0.25, 0.3) is 0 Å². The van der Waals surface area contributed by atoms with Gasteiger partial charge in [0.15, 0.2) is 5.76 Å². The first-order valence-corrected chi connectivity index (χ1v) is 7.66. The lowest BCUT2D eigenvalue weighted by Crippen LogP contribution is -2.31. The van der Waals surface area contributed by atoms with Crippen LogP contribution in [0, 0.1) is 0 Å². The fourth-order valence-electron chi connectivity index (χ4n) is 1.94. The van der Waals surface area contributed by atoms with Crippen molar-refractivity contribution >= 4 is 27.7 Å². The summed E-state index contributed by atoms with van der Waals surface area (Å²) in [6.45, 7) is 0.797. The molecule has 5 nitrogen and oxygen atoms in total. The van der Waals surface area contributed by atoms with E-state index in [0.717, 1.165) is 10.0 Å². The molecule has 2 aromatic rings. The maximum atomic E-state index is 12.1. The summed E-state index contributed by atoms with van der Waals surface area (Å²) in [7, 11) is 1.75. The van der Waals surface area contributed by atoms with Gasteiger partial charge in [-0.3, -0.25) is 9.59 Å². The second-order valence-electron chi connectivity index (χ2n) is 4.82. The summed E-state index contributed by atoms with van der Waals surface area (Å²) in [5.74, 6) is -0.101. The molecule has 1 heterocycles. The summed E-state index contributed by atoms with van der Waals surface area (Å²) in [5.41, 5.74) is 1.04. The Balaban J connectivity index is 1.77. The molecule has 116 valence electrons. The molecule has 2 amide bonds.